The second-order valence-electron chi connectivity index (χ2n) is 7.09. The van der Waals surface area contributed by atoms with E-state index >= 15 is 0 Å². The van der Waals surface area contributed by atoms with Crippen molar-refractivity contribution in [2.45, 2.75) is 6.92 Å². The molecular formula is C22H24N8O. The molecule has 0 radical (unpaired) electrons. The van der Waals surface area contributed by atoms with Gasteiger partial charge in [-0.05, 0) is 24.6 Å². The molecule has 1 fully saturated rings. The third-order valence-corrected chi connectivity index (χ3v) is 4.78. The quantitative estimate of drug-likeness (QED) is 0.493. The highest BCUT2D eigenvalue weighted by Gasteiger charge is 2.18. The van der Waals surface area contributed by atoms with Crippen molar-refractivity contribution in [2.24, 2.45) is 0 Å². The van der Waals surface area contributed by atoms with Crippen molar-refractivity contribution in [3.05, 3.63) is 66.0 Å². The summed E-state index contributed by atoms with van der Waals surface area (Å²) < 4.78 is 7.12. The molecule has 4 heterocycles. The average molecular weight is 416 g/mol. The number of aromatic nitrogens is 5. The predicted octanol–water partition coefficient (Wildman–Crippen LogP) is 2.60. The number of aryl methyl sites for hydroxylation is 1. The third kappa shape index (κ3) is 4.84. The molecule has 1 aliphatic heterocycles. The van der Waals surface area contributed by atoms with Crippen molar-refractivity contribution in [1.29, 1.82) is 5.41 Å². The first kappa shape index (κ1) is 20.4. The number of nitrogens with one attached hydrogen (secondary N) is 1. The minimum atomic E-state index is 0.430. The lowest BCUT2D eigenvalue weighted by Gasteiger charge is -2.28. The molecule has 3 aromatic heterocycles. The molecule has 1 aromatic carbocycles. The summed E-state index contributed by atoms with van der Waals surface area (Å²) >= 11 is 0. The van der Waals surface area contributed by atoms with Crippen molar-refractivity contribution in [1.82, 2.24) is 24.6 Å². The van der Waals surface area contributed by atoms with Crippen LogP contribution in [0.4, 0.5) is 11.6 Å². The number of hydrogen-bond donors (Lipinski definition) is 2. The summed E-state index contributed by atoms with van der Waals surface area (Å²) in [6.45, 7) is 4.98. The van der Waals surface area contributed by atoms with Crippen molar-refractivity contribution in [3.63, 3.8) is 0 Å². The number of fused-ring (bicyclic) bond motifs is 1. The first-order chi connectivity index (χ1) is 15.1. The van der Waals surface area contributed by atoms with E-state index in [1.54, 1.807) is 16.9 Å². The molecule has 0 atom stereocenters. The van der Waals surface area contributed by atoms with Crippen molar-refractivity contribution in [3.8, 4) is 11.4 Å². The molecule has 9 heteroatoms. The van der Waals surface area contributed by atoms with E-state index in [4.69, 9.17) is 15.9 Å². The predicted molar refractivity (Wildman–Crippen MR) is 121 cm³/mol. The standard InChI is InChI=1S/C14H15N7O.C8H9N/c15-11-8-12(20-4-6-22-7-5-20)21-14(17-11)18-13(19-21)10-2-1-3-16-9-10;1-7-3-2-4-8(5-7)6-9/h1-3,8-9H,4-7H2,(H2,15,17,18,19);2-6,9H,1H3. The van der Waals surface area contributed by atoms with Gasteiger partial charge in [-0.3, -0.25) is 4.98 Å². The molecule has 0 bridgehead atoms. The van der Waals surface area contributed by atoms with Gasteiger partial charge in [0, 0.05) is 43.3 Å². The number of benzene rings is 1. The van der Waals surface area contributed by atoms with E-state index in [1.165, 1.54) is 11.8 Å². The molecule has 0 spiro atoms. The Bertz CT molecular complexity index is 1170. The first-order valence-electron chi connectivity index (χ1n) is 9.97. The Morgan fingerprint density at radius 2 is 1.94 bits per heavy atom. The molecule has 1 saturated heterocycles. The van der Waals surface area contributed by atoms with Crippen LogP contribution in [0.15, 0.2) is 54.9 Å². The van der Waals surface area contributed by atoms with Gasteiger partial charge in [0.1, 0.15) is 11.6 Å². The largest absolute Gasteiger partial charge is 0.383 e. The minimum absolute atomic E-state index is 0.430. The van der Waals surface area contributed by atoms with Gasteiger partial charge >= 0.3 is 0 Å². The summed E-state index contributed by atoms with van der Waals surface area (Å²) in [6.07, 6.45) is 4.80. The lowest BCUT2D eigenvalue weighted by molar-refractivity contribution is 0.122. The van der Waals surface area contributed by atoms with Gasteiger partial charge in [-0.2, -0.15) is 14.5 Å². The minimum Gasteiger partial charge on any atom is -0.383 e. The number of anilines is 2. The van der Waals surface area contributed by atoms with Crippen LogP contribution in [0.25, 0.3) is 17.2 Å². The van der Waals surface area contributed by atoms with Crippen LogP contribution in [0.1, 0.15) is 11.1 Å². The van der Waals surface area contributed by atoms with E-state index in [2.05, 4.69) is 25.0 Å². The highest BCUT2D eigenvalue weighted by molar-refractivity contribution is 5.77. The molecule has 0 saturated carbocycles. The first-order valence-corrected chi connectivity index (χ1v) is 9.97. The lowest BCUT2D eigenvalue weighted by atomic mass is 10.2. The van der Waals surface area contributed by atoms with E-state index in [-0.39, 0.29) is 0 Å². The lowest BCUT2D eigenvalue weighted by Crippen LogP contribution is -2.37. The van der Waals surface area contributed by atoms with Gasteiger partial charge in [0.15, 0.2) is 5.82 Å². The van der Waals surface area contributed by atoms with E-state index in [9.17, 15) is 0 Å². The number of rotatable bonds is 3. The van der Waals surface area contributed by atoms with Crippen LogP contribution in [0.2, 0.25) is 0 Å². The summed E-state index contributed by atoms with van der Waals surface area (Å²) in [6, 6.07) is 13.5. The van der Waals surface area contributed by atoms with Gasteiger partial charge in [-0.25, -0.2) is 0 Å². The van der Waals surface area contributed by atoms with Gasteiger partial charge in [-0.1, -0.05) is 29.8 Å². The van der Waals surface area contributed by atoms with Crippen LogP contribution in [-0.4, -0.2) is 57.1 Å². The number of pyridine rings is 1. The van der Waals surface area contributed by atoms with Gasteiger partial charge in [0.05, 0.1) is 13.2 Å². The van der Waals surface area contributed by atoms with Crippen LogP contribution >= 0.6 is 0 Å². The Morgan fingerprint density at radius 1 is 1.10 bits per heavy atom. The van der Waals surface area contributed by atoms with E-state index in [0.29, 0.717) is 30.6 Å². The van der Waals surface area contributed by atoms with Crippen molar-refractivity contribution >= 4 is 23.6 Å². The molecule has 0 aliphatic carbocycles. The van der Waals surface area contributed by atoms with Crippen molar-refractivity contribution < 1.29 is 4.74 Å². The van der Waals surface area contributed by atoms with Crippen LogP contribution in [0.5, 0.6) is 0 Å². The maximum Gasteiger partial charge on any atom is 0.256 e. The number of ether oxygens (including phenoxy) is 1. The molecule has 3 N–H and O–H groups in total. The summed E-state index contributed by atoms with van der Waals surface area (Å²) in [5.41, 5.74) is 8.94. The third-order valence-electron chi connectivity index (χ3n) is 4.78. The normalized spacial score (nSPS) is 13.5. The molecule has 4 aromatic rings. The number of nitrogen functional groups attached to an aromatic ring is 1. The average Bonchev–Trinajstić information content (AvgIpc) is 3.24. The molecule has 158 valence electrons. The molecule has 9 nitrogen and oxygen atoms in total. The van der Waals surface area contributed by atoms with Crippen LogP contribution in [0.3, 0.4) is 0 Å². The van der Waals surface area contributed by atoms with Crippen LogP contribution < -0.4 is 10.6 Å². The summed E-state index contributed by atoms with van der Waals surface area (Å²) in [5.74, 6) is 2.38. The zero-order valence-corrected chi connectivity index (χ0v) is 17.3. The van der Waals surface area contributed by atoms with Crippen LogP contribution in [-0.2, 0) is 4.74 Å². The van der Waals surface area contributed by atoms with Gasteiger partial charge in [0.25, 0.3) is 5.78 Å². The Labute approximate surface area is 180 Å². The van der Waals surface area contributed by atoms with E-state index in [1.807, 2.05) is 49.4 Å². The fraction of sp³-hybridized carbons (Fsp3) is 0.227. The van der Waals surface area contributed by atoms with Gasteiger partial charge in [0.2, 0.25) is 0 Å². The molecule has 5 rings (SSSR count). The Hall–Kier alpha value is -3.85. The number of morpholine rings is 1. The smallest absolute Gasteiger partial charge is 0.256 e. The molecular weight excluding hydrogens is 392 g/mol. The maximum atomic E-state index is 6.92. The zero-order chi connectivity index (χ0) is 21.6. The topological polar surface area (TPSA) is 118 Å². The summed E-state index contributed by atoms with van der Waals surface area (Å²) in [7, 11) is 0. The highest BCUT2D eigenvalue weighted by atomic mass is 16.5. The summed E-state index contributed by atoms with van der Waals surface area (Å²) in [4.78, 5) is 15.0. The fourth-order valence-corrected chi connectivity index (χ4v) is 3.27. The Kier molecular flexibility index (Phi) is 6.13. The number of hydrogen-bond acceptors (Lipinski definition) is 8. The molecule has 0 unspecified atom stereocenters. The Balaban J connectivity index is 0.000000217. The number of nitrogens with two attached hydrogens (primary N) is 1. The molecule has 1 aliphatic rings. The second kappa shape index (κ2) is 9.31. The van der Waals surface area contributed by atoms with E-state index < -0.39 is 0 Å². The highest BCUT2D eigenvalue weighted by Crippen LogP contribution is 2.22. The molecule has 31 heavy (non-hydrogen) atoms. The van der Waals surface area contributed by atoms with Crippen LogP contribution in [0, 0.1) is 12.3 Å². The van der Waals surface area contributed by atoms with Gasteiger partial charge in [-0.15, -0.1) is 5.10 Å². The Morgan fingerprint density at radius 3 is 2.61 bits per heavy atom. The monoisotopic (exact) mass is 416 g/mol. The second-order valence-corrected chi connectivity index (χ2v) is 7.09. The summed E-state index contributed by atoms with van der Waals surface area (Å²) in [5, 5.41) is 11.5. The fourth-order valence-electron chi connectivity index (χ4n) is 3.27. The number of nitrogens with zero attached hydrogens (tertiary/aromatic N) is 6. The van der Waals surface area contributed by atoms with Crippen molar-refractivity contribution in [2.75, 3.05) is 36.9 Å². The maximum absolute atomic E-state index is 6.92. The zero-order valence-electron chi connectivity index (χ0n) is 17.3. The van der Waals surface area contributed by atoms with E-state index in [0.717, 1.165) is 30.0 Å². The SMILES string of the molecule is Cc1cccc(C=N)c1.Nc1cc(N2CCOCC2)n2nc(-c3cccnc3)nc2n1. The van der Waals surface area contributed by atoms with Gasteiger partial charge < -0.3 is 20.8 Å². The molecule has 0 amide bonds.